The topological polar surface area (TPSA) is 93.2 Å². The lowest BCUT2D eigenvalue weighted by Crippen LogP contribution is -2.40. The number of anilines is 2. The van der Waals surface area contributed by atoms with Crippen LogP contribution in [0.5, 0.6) is 0 Å². The van der Waals surface area contributed by atoms with Crippen LogP contribution in [0.2, 0.25) is 0 Å². The first-order chi connectivity index (χ1) is 17.5. The first-order valence-electron chi connectivity index (χ1n) is 11.9. The fourth-order valence-corrected chi connectivity index (χ4v) is 4.61. The van der Waals surface area contributed by atoms with E-state index in [1.54, 1.807) is 41.2 Å². The van der Waals surface area contributed by atoms with Gasteiger partial charge in [-0.2, -0.15) is 5.10 Å². The average molecular weight is 520 g/mol. The van der Waals surface area contributed by atoms with Crippen LogP contribution < -0.4 is 9.80 Å². The van der Waals surface area contributed by atoms with Crippen molar-refractivity contribution in [1.29, 1.82) is 0 Å². The predicted molar refractivity (Wildman–Crippen MR) is 129 cm³/mol. The Balaban J connectivity index is 1.46. The maximum Gasteiger partial charge on any atom is 0.271 e. The molecule has 0 spiro atoms. The van der Waals surface area contributed by atoms with Crippen molar-refractivity contribution in [3.8, 4) is 16.9 Å². The summed E-state index contributed by atoms with van der Waals surface area (Å²) in [6, 6.07) is 6.02. The molecule has 2 fully saturated rings. The number of aromatic nitrogens is 4. The number of alkyl halides is 4. The molecular weight excluding hydrogens is 494 g/mol. The zero-order valence-corrected chi connectivity index (χ0v) is 20.1. The van der Waals surface area contributed by atoms with Gasteiger partial charge < -0.3 is 9.80 Å². The summed E-state index contributed by atoms with van der Waals surface area (Å²) < 4.78 is 56.2. The van der Waals surface area contributed by atoms with Gasteiger partial charge in [-0.25, -0.2) is 32.2 Å². The number of benzene rings is 1. The molecule has 9 nitrogen and oxygen atoms in total. The summed E-state index contributed by atoms with van der Waals surface area (Å²) in [7, 11) is 0. The van der Waals surface area contributed by atoms with Crippen LogP contribution in [0.15, 0.2) is 36.7 Å². The third-order valence-corrected chi connectivity index (χ3v) is 6.75. The summed E-state index contributed by atoms with van der Waals surface area (Å²) >= 11 is 0. The Bertz CT molecular complexity index is 1310. The third kappa shape index (κ3) is 5.35. The van der Waals surface area contributed by atoms with Gasteiger partial charge in [0.15, 0.2) is 0 Å². The molecule has 0 radical (unpaired) electrons. The summed E-state index contributed by atoms with van der Waals surface area (Å²) in [4.78, 5) is 23.3. The number of non-ortho nitro benzene ring substituents is 1. The first kappa shape index (κ1) is 24.9. The summed E-state index contributed by atoms with van der Waals surface area (Å²) in [6.45, 7) is 2.20. The average Bonchev–Trinajstić information content (AvgIpc) is 3.33. The number of nitrogens with zero attached hydrogens (tertiary/aromatic N) is 7. The normalized spacial score (nSPS) is 19.2. The summed E-state index contributed by atoms with van der Waals surface area (Å²) in [6.07, 6.45) is 2.06. The van der Waals surface area contributed by atoms with E-state index in [9.17, 15) is 27.7 Å². The summed E-state index contributed by atoms with van der Waals surface area (Å²) in [5, 5.41) is 15.8. The molecule has 5 rings (SSSR count). The van der Waals surface area contributed by atoms with Gasteiger partial charge in [0.2, 0.25) is 5.95 Å². The van der Waals surface area contributed by atoms with Gasteiger partial charge in [-0.1, -0.05) is 0 Å². The minimum Gasteiger partial charge on any atom is -0.369 e. The highest BCUT2D eigenvalue weighted by Gasteiger charge is 2.36. The molecular formula is C24H25F4N7O2. The van der Waals surface area contributed by atoms with Crippen LogP contribution in [0.3, 0.4) is 0 Å². The van der Waals surface area contributed by atoms with Crippen LogP contribution in [0, 0.1) is 17.0 Å². The second-order valence-corrected chi connectivity index (χ2v) is 9.48. The highest BCUT2D eigenvalue weighted by atomic mass is 19.3. The van der Waals surface area contributed by atoms with Gasteiger partial charge in [0, 0.05) is 81.4 Å². The Kier molecular flexibility index (Phi) is 6.24. The molecule has 0 amide bonds. The third-order valence-electron chi connectivity index (χ3n) is 6.75. The van der Waals surface area contributed by atoms with Gasteiger partial charge in [-0.3, -0.25) is 10.1 Å². The second-order valence-electron chi connectivity index (χ2n) is 9.48. The Labute approximate surface area is 209 Å². The lowest BCUT2D eigenvalue weighted by molar-refractivity contribution is -0.384. The van der Waals surface area contributed by atoms with Crippen LogP contribution in [0.4, 0.5) is 34.9 Å². The highest BCUT2D eigenvalue weighted by molar-refractivity contribution is 5.68. The van der Waals surface area contributed by atoms with Crippen molar-refractivity contribution in [3.05, 3.63) is 52.5 Å². The first-order valence-corrected chi connectivity index (χ1v) is 11.9. The van der Waals surface area contributed by atoms with Crippen molar-refractivity contribution in [2.75, 3.05) is 36.0 Å². The Morgan fingerprint density at radius 2 is 1.51 bits per heavy atom. The molecule has 2 saturated heterocycles. The van der Waals surface area contributed by atoms with E-state index < -0.39 is 16.8 Å². The minimum atomic E-state index is -2.76. The molecule has 0 unspecified atom stereocenters. The molecule has 4 heterocycles. The van der Waals surface area contributed by atoms with Crippen molar-refractivity contribution in [2.24, 2.45) is 0 Å². The van der Waals surface area contributed by atoms with Gasteiger partial charge in [-0.15, -0.1) is 0 Å². The second kappa shape index (κ2) is 9.27. The SMILES string of the molecule is Cc1cc(-c2cnn(-c3ccc([N+](=O)[O-])cc3N3CCC(F)(F)CC3)c2)nc(N2CCC(F)(F)CC2)n1. The Morgan fingerprint density at radius 1 is 0.892 bits per heavy atom. The molecule has 37 heavy (non-hydrogen) atoms. The van der Waals surface area contributed by atoms with Crippen LogP contribution in [-0.2, 0) is 0 Å². The van der Waals surface area contributed by atoms with Crippen molar-refractivity contribution in [3.63, 3.8) is 0 Å². The number of halogens is 4. The molecule has 0 atom stereocenters. The van der Waals surface area contributed by atoms with Crippen LogP contribution in [-0.4, -0.2) is 62.7 Å². The zero-order valence-electron chi connectivity index (χ0n) is 20.1. The van der Waals surface area contributed by atoms with Gasteiger partial charge in [0.1, 0.15) is 0 Å². The molecule has 0 saturated carbocycles. The maximum atomic E-state index is 13.7. The molecule has 0 N–H and O–H groups in total. The molecule has 196 valence electrons. The number of hydrogen-bond acceptors (Lipinski definition) is 7. The lowest BCUT2D eigenvalue weighted by atomic mass is 10.1. The van der Waals surface area contributed by atoms with E-state index in [4.69, 9.17) is 0 Å². The quantitative estimate of drug-likeness (QED) is 0.266. The molecule has 2 aliphatic heterocycles. The molecule has 2 aliphatic rings. The van der Waals surface area contributed by atoms with Gasteiger partial charge >= 0.3 is 0 Å². The molecule has 3 aromatic rings. The number of nitro groups is 1. The standard InChI is InChI=1S/C24H25F4N7O2/c1-16-12-19(31-22(30-16)33-10-6-24(27,28)7-11-33)17-14-29-34(15-17)20-3-2-18(35(36)37)13-21(20)32-8-4-23(25,26)5-9-32/h2-3,12-15H,4-11H2,1H3. The largest absolute Gasteiger partial charge is 0.369 e. The van der Waals surface area contributed by atoms with Crippen LogP contribution >= 0.6 is 0 Å². The lowest BCUT2D eigenvalue weighted by Gasteiger charge is -2.34. The van der Waals surface area contributed by atoms with E-state index in [1.807, 2.05) is 0 Å². The smallest absolute Gasteiger partial charge is 0.271 e. The van der Waals surface area contributed by atoms with E-state index >= 15 is 0 Å². The number of rotatable bonds is 5. The molecule has 0 bridgehead atoms. The summed E-state index contributed by atoms with van der Waals surface area (Å²) in [5.41, 5.74) is 2.64. The van der Waals surface area contributed by atoms with Gasteiger partial charge in [0.05, 0.1) is 28.2 Å². The van der Waals surface area contributed by atoms with E-state index in [2.05, 4.69) is 15.1 Å². The Hall–Kier alpha value is -3.77. The van der Waals surface area contributed by atoms with Crippen LogP contribution in [0.1, 0.15) is 31.4 Å². The fourth-order valence-electron chi connectivity index (χ4n) is 4.61. The van der Waals surface area contributed by atoms with Crippen molar-refractivity contribution >= 4 is 17.3 Å². The molecule has 13 heteroatoms. The van der Waals surface area contributed by atoms with Crippen LogP contribution in [0.25, 0.3) is 16.9 Å². The van der Waals surface area contributed by atoms with E-state index in [0.29, 0.717) is 34.3 Å². The van der Waals surface area contributed by atoms with Crippen molar-refractivity contribution in [2.45, 2.75) is 44.5 Å². The molecule has 0 aliphatic carbocycles. The fraction of sp³-hybridized carbons (Fsp3) is 0.458. The van der Waals surface area contributed by atoms with Crippen molar-refractivity contribution in [1.82, 2.24) is 19.7 Å². The maximum absolute atomic E-state index is 13.7. The van der Waals surface area contributed by atoms with E-state index in [1.165, 1.54) is 16.8 Å². The van der Waals surface area contributed by atoms with E-state index in [0.717, 1.165) is 0 Å². The van der Waals surface area contributed by atoms with Crippen molar-refractivity contribution < 1.29 is 22.5 Å². The number of piperidine rings is 2. The Morgan fingerprint density at radius 3 is 2.14 bits per heavy atom. The minimum absolute atomic E-state index is 0.0542. The van der Waals surface area contributed by atoms with Gasteiger partial charge in [-0.05, 0) is 19.1 Å². The number of hydrogen-bond donors (Lipinski definition) is 0. The molecule has 1 aromatic carbocycles. The number of aryl methyl sites for hydroxylation is 1. The summed E-state index contributed by atoms with van der Waals surface area (Å²) in [5.74, 6) is -5.08. The monoisotopic (exact) mass is 519 g/mol. The molecule has 2 aromatic heterocycles. The van der Waals surface area contributed by atoms with Gasteiger partial charge in [0.25, 0.3) is 17.5 Å². The van der Waals surface area contributed by atoms with E-state index in [-0.39, 0.29) is 57.5 Å². The number of nitro benzene ring substituents is 1. The zero-order chi connectivity index (χ0) is 26.4. The predicted octanol–water partition coefficient (Wildman–Crippen LogP) is 5.02. The highest BCUT2D eigenvalue weighted by Crippen LogP contribution is 2.36.